The first-order chi connectivity index (χ1) is 10.3. The second kappa shape index (κ2) is 6.14. The number of rotatable bonds is 4. The van der Waals surface area contributed by atoms with E-state index in [-0.39, 0.29) is 15.6 Å². The van der Waals surface area contributed by atoms with Gasteiger partial charge in [-0.3, -0.25) is 0 Å². The maximum Gasteiger partial charge on any atom is 0.341 e. The van der Waals surface area contributed by atoms with Gasteiger partial charge in [-0.05, 0) is 11.6 Å². The van der Waals surface area contributed by atoms with Crippen LogP contribution in [-0.2, 0) is 10.4 Å². The molecule has 0 radical (unpaired) electrons. The number of carbonyl (C=O) groups is 1. The topological polar surface area (TPSA) is 57.5 Å². The van der Waals surface area contributed by atoms with Gasteiger partial charge in [-0.1, -0.05) is 53.2 Å². The van der Waals surface area contributed by atoms with E-state index in [2.05, 4.69) is 15.9 Å². The van der Waals surface area contributed by atoms with Crippen molar-refractivity contribution in [1.29, 1.82) is 0 Å². The molecule has 6 heteroatoms. The van der Waals surface area contributed by atoms with Crippen LogP contribution < -0.4 is 0 Å². The van der Waals surface area contributed by atoms with Gasteiger partial charge in [0.25, 0.3) is 0 Å². The summed E-state index contributed by atoms with van der Waals surface area (Å²) in [6, 6.07) is 9.40. The molecule has 0 heterocycles. The molecule has 0 saturated carbocycles. The Kier molecular flexibility index (Phi) is 4.63. The zero-order valence-corrected chi connectivity index (χ0v) is 13.1. The smallest absolute Gasteiger partial charge is 0.341 e. The molecule has 0 unspecified atom stereocenters. The van der Waals surface area contributed by atoms with E-state index in [0.717, 1.165) is 6.07 Å². The van der Waals surface area contributed by atoms with Crippen molar-refractivity contribution in [3.05, 3.63) is 69.7 Å². The van der Waals surface area contributed by atoms with E-state index in [9.17, 15) is 23.8 Å². The first-order valence-electron chi connectivity index (χ1n) is 6.44. The van der Waals surface area contributed by atoms with Gasteiger partial charge in [-0.25, -0.2) is 13.6 Å². The fraction of sp³-hybridized carbons (Fsp3) is 0.188. The van der Waals surface area contributed by atoms with Crippen LogP contribution in [0.1, 0.15) is 24.0 Å². The molecule has 0 amide bonds. The van der Waals surface area contributed by atoms with Gasteiger partial charge < -0.3 is 10.2 Å². The molecule has 22 heavy (non-hydrogen) atoms. The third-order valence-corrected chi connectivity index (χ3v) is 4.30. The van der Waals surface area contributed by atoms with Crippen molar-refractivity contribution < 1.29 is 23.8 Å². The predicted molar refractivity (Wildman–Crippen MR) is 80.4 cm³/mol. The molecule has 2 atom stereocenters. The summed E-state index contributed by atoms with van der Waals surface area (Å²) in [5.74, 6) is -4.38. The summed E-state index contributed by atoms with van der Waals surface area (Å²) in [4.78, 5) is 11.7. The Morgan fingerprint density at radius 2 is 1.82 bits per heavy atom. The highest BCUT2D eigenvalue weighted by Gasteiger charge is 2.45. The molecule has 3 nitrogen and oxygen atoms in total. The minimum Gasteiger partial charge on any atom is -0.479 e. The maximum atomic E-state index is 14.1. The van der Waals surface area contributed by atoms with Crippen molar-refractivity contribution in [2.75, 3.05) is 0 Å². The lowest BCUT2D eigenvalue weighted by Crippen LogP contribution is -2.41. The number of hydrogen-bond donors (Lipinski definition) is 2. The van der Waals surface area contributed by atoms with Gasteiger partial charge in [0.15, 0.2) is 5.60 Å². The van der Waals surface area contributed by atoms with E-state index in [1.807, 2.05) is 0 Å². The SMILES string of the molecule is C[C@@H](c1c(F)cc(F)cc1Br)[C@@](O)(C(=O)O)c1ccccc1. The lowest BCUT2D eigenvalue weighted by molar-refractivity contribution is -0.162. The van der Waals surface area contributed by atoms with E-state index in [0.29, 0.717) is 6.07 Å². The Hall–Kier alpha value is -1.79. The lowest BCUT2D eigenvalue weighted by Gasteiger charge is -2.31. The van der Waals surface area contributed by atoms with Crippen LogP contribution in [0.2, 0.25) is 0 Å². The number of aliphatic carboxylic acids is 1. The molecule has 0 aliphatic heterocycles. The highest BCUT2D eigenvalue weighted by molar-refractivity contribution is 9.10. The quantitative estimate of drug-likeness (QED) is 0.860. The number of benzene rings is 2. The van der Waals surface area contributed by atoms with Gasteiger partial charge in [0.05, 0.1) is 0 Å². The molecule has 0 aliphatic rings. The zero-order valence-electron chi connectivity index (χ0n) is 11.6. The largest absolute Gasteiger partial charge is 0.479 e. The Balaban J connectivity index is 2.63. The second-order valence-corrected chi connectivity index (χ2v) is 5.80. The monoisotopic (exact) mass is 370 g/mol. The van der Waals surface area contributed by atoms with Crippen LogP contribution in [0.15, 0.2) is 46.9 Å². The van der Waals surface area contributed by atoms with E-state index >= 15 is 0 Å². The molecule has 0 spiro atoms. The molecule has 2 rings (SSSR count). The average molecular weight is 371 g/mol. The first kappa shape index (κ1) is 16.6. The molecule has 0 bridgehead atoms. The molecule has 116 valence electrons. The minimum atomic E-state index is -2.34. The van der Waals surface area contributed by atoms with Crippen molar-refractivity contribution in [1.82, 2.24) is 0 Å². The van der Waals surface area contributed by atoms with Gasteiger partial charge in [-0.15, -0.1) is 0 Å². The van der Waals surface area contributed by atoms with Crippen LogP contribution in [0.4, 0.5) is 8.78 Å². The molecule has 2 N–H and O–H groups in total. The summed E-state index contributed by atoms with van der Waals surface area (Å²) in [6.45, 7) is 1.38. The standard InChI is InChI=1S/C16H13BrF2O3/c1-9(14-12(17)7-11(18)8-13(14)19)16(22,15(20)21)10-5-3-2-4-6-10/h2-9,22H,1H3,(H,20,21)/t9-,16-/m0/s1. The van der Waals surface area contributed by atoms with Gasteiger partial charge in [0, 0.05) is 22.0 Å². The van der Waals surface area contributed by atoms with Crippen molar-refractivity contribution in [2.45, 2.75) is 18.4 Å². The molecular weight excluding hydrogens is 358 g/mol. The molecule has 0 saturated heterocycles. The van der Waals surface area contributed by atoms with Gasteiger partial charge >= 0.3 is 5.97 Å². The van der Waals surface area contributed by atoms with Crippen LogP contribution >= 0.6 is 15.9 Å². The Morgan fingerprint density at radius 1 is 1.23 bits per heavy atom. The van der Waals surface area contributed by atoms with Crippen LogP contribution in [-0.4, -0.2) is 16.2 Å². The van der Waals surface area contributed by atoms with Crippen LogP contribution in [0.3, 0.4) is 0 Å². The summed E-state index contributed by atoms with van der Waals surface area (Å²) >= 11 is 3.03. The Bertz CT molecular complexity index is 683. The van der Waals surface area contributed by atoms with Crippen LogP contribution in [0.5, 0.6) is 0 Å². The normalized spacial score (nSPS) is 15.1. The summed E-state index contributed by atoms with van der Waals surface area (Å²) in [6.07, 6.45) is 0. The zero-order chi connectivity index (χ0) is 16.5. The molecule has 0 aromatic heterocycles. The van der Waals surface area contributed by atoms with E-state index < -0.39 is 29.1 Å². The molecule has 2 aromatic carbocycles. The highest BCUT2D eigenvalue weighted by Crippen LogP contribution is 2.41. The van der Waals surface area contributed by atoms with Crippen molar-refractivity contribution in [3.63, 3.8) is 0 Å². The lowest BCUT2D eigenvalue weighted by atomic mass is 9.78. The molecule has 0 aliphatic carbocycles. The van der Waals surface area contributed by atoms with Crippen molar-refractivity contribution in [3.8, 4) is 0 Å². The van der Waals surface area contributed by atoms with Gasteiger partial charge in [0.1, 0.15) is 11.6 Å². The number of aliphatic hydroxyl groups is 1. The summed E-state index contributed by atoms with van der Waals surface area (Å²) in [5, 5.41) is 20.2. The minimum absolute atomic E-state index is 0.0631. The van der Waals surface area contributed by atoms with E-state index in [4.69, 9.17) is 0 Å². The number of halogens is 3. The summed E-state index contributed by atoms with van der Waals surface area (Å²) in [7, 11) is 0. The highest BCUT2D eigenvalue weighted by atomic mass is 79.9. The fourth-order valence-electron chi connectivity index (χ4n) is 2.43. The molecule has 0 fully saturated rings. The summed E-state index contributed by atoms with van der Waals surface area (Å²) < 4.78 is 27.4. The van der Waals surface area contributed by atoms with Crippen LogP contribution in [0.25, 0.3) is 0 Å². The summed E-state index contributed by atoms with van der Waals surface area (Å²) in [5.41, 5.74) is -2.33. The maximum absolute atomic E-state index is 14.1. The Labute approximate surface area is 134 Å². The second-order valence-electron chi connectivity index (χ2n) is 4.94. The van der Waals surface area contributed by atoms with Gasteiger partial charge in [-0.2, -0.15) is 0 Å². The fourth-order valence-corrected chi connectivity index (χ4v) is 3.18. The predicted octanol–water partition coefficient (Wildman–Crippen LogP) is 3.80. The van der Waals surface area contributed by atoms with Crippen molar-refractivity contribution >= 4 is 21.9 Å². The van der Waals surface area contributed by atoms with Crippen LogP contribution in [0, 0.1) is 11.6 Å². The average Bonchev–Trinajstić information content (AvgIpc) is 2.45. The van der Waals surface area contributed by atoms with Crippen molar-refractivity contribution in [2.24, 2.45) is 0 Å². The third-order valence-electron chi connectivity index (χ3n) is 3.64. The number of carboxylic acids is 1. The molecule has 2 aromatic rings. The Morgan fingerprint density at radius 3 is 2.32 bits per heavy atom. The number of carboxylic acid groups (broad SMARTS) is 1. The third kappa shape index (κ3) is 2.76. The number of hydrogen-bond acceptors (Lipinski definition) is 2. The first-order valence-corrected chi connectivity index (χ1v) is 7.23. The van der Waals surface area contributed by atoms with Gasteiger partial charge in [0.2, 0.25) is 0 Å². The van der Waals surface area contributed by atoms with E-state index in [1.165, 1.54) is 19.1 Å². The molecular formula is C16H13BrF2O3. The van der Waals surface area contributed by atoms with E-state index in [1.54, 1.807) is 18.2 Å².